The molecule has 0 unspecified atom stereocenters. The first kappa shape index (κ1) is 15.8. The molecule has 1 aliphatic carbocycles. The van der Waals surface area contributed by atoms with Gasteiger partial charge in [-0.25, -0.2) is 8.42 Å². The lowest BCUT2D eigenvalue weighted by Crippen LogP contribution is -2.33. The van der Waals surface area contributed by atoms with E-state index >= 15 is 0 Å². The van der Waals surface area contributed by atoms with Crippen LogP contribution in [0.15, 0.2) is 11.0 Å². The quantitative estimate of drug-likeness (QED) is 0.749. The van der Waals surface area contributed by atoms with Gasteiger partial charge in [0.2, 0.25) is 0 Å². The van der Waals surface area contributed by atoms with Gasteiger partial charge in [0.1, 0.15) is 0 Å². The highest BCUT2D eigenvalue weighted by atomic mass is 35.7. The number of carbonyl (C=O) groups is 1. The van der Waals surface area contributed by atoms with Crippen LogP contribution in [0.1, 0.15) is 47.2 Å². The van der Waals surface area contributed by atoms with Gasteiger partial charge in [-0.15, -0.1) is 11.3 Å². The van der Waals surface area contributed by atoms with Crippen LogP contribution in [0.4, 0.5) is 0 Å². The van der Waals surface area contributed by atoms with Crippen LogP contribution in [-0.2, 0) is 9.05 Å². The second kappa shape index (κ2) is 6.03. The third kappa shape index (κ3) is 3.54. The molecule has 1 amide bonds. The van der Waals surface area contributed by atoms with Crippen molar-refractivity contribution < 1.29 is 13.2 Å². The van der Waals surface area contributed by atoms with E-state index in [1.807, 2.05) is 4.90 Å². The molecule has 1 aliphatic rings. The summed E-state index contributed by atoms with van der Waals surface area (Å²) in [5.74, 6) is -0.0689. The fourth-order valence-electron chi connectivity index (χ4n) is 2.12. The number of unbranched alkanes of at least 4 members (excludes halogenated alkanes) is 1. The minimum atomic E-state index is -3.78. The zero-order valence-electron chi connectivity index (χ0n) is 11.6. The maximum absolute atomic E-state index is 12.5. The van der Waals surface area contributed by atoms with Crippen LogP contribution in [-0.4, -0.2) is 31.8 Å². The summed E-state index contributed by atoms with van der Waals surface area (Å²) in [5, 5.41) is 0. The summed E-state index contributed by atoms with van der Waals surface area (Å²) in [7, 11) is 1.59. The zero-order valence-corrected chi connectivity index (χ0v) is 13.9. The van der Waals surface area contributed by atoms with Gasteiger partial charge < -0.3 is 4.90 Å². The number of nitrogens with zero attached hydrogens (tertiary/aromatic N) is 1. The van der Waals surface area contributed by atoms with Crippen molar-refractivity contribution >= 4 is 37.0 Å². The predicted molar refractivity (Wildman–Crippen MR) is 81.1 cm³/mol. The van der Waals surface area contributed by atoms with Crippen molar-refractivity contribution in [2.45, 2.75) is 50.5 Å². The summed E-state index contributed by atoms with van der Waals surface area (Å²) in [4.78, 5) is 15.5. The highest BCUT2D eigenvalue weighted by Gasteiger charge is 2.33. The lowest BCUT2D eigenvalue weighted by molar-refractivity contribution is 0.0745. The molecule has 0 N–H and O–H groups in total. The van der Waals surface area contributed by atoms with Gasteiger partial charge in [0.15, 0.2) is 0 Å². The molecule has 0 spiro atoms. The fraction of sp³-hybridized carbons (Fsp3) is 0.615. The Balaban J connectivity index is 2.23. The third-order valence-electron chi connectivity index (χ3n) is 3.35. The molecule has 1 fully saturated rings. The number of carbonyl (C=O) groups excluding carboxylic acids is 1. The predicted octanol–water partition coefficient (Wildman–Crippen LogP) is 3.39. The average Bonchev–Trinajstić information content (AvgIpc) is 3.10. The minimum absolute atomic E-state index is 0.0544. The fourth-order valence-corrected chi connectivity index (χ4v) is 4.74. The number of halogens is 1. The molecule has 0 atom stereocenters. The number of hydrogen-bond acceptors (Lipinski definition) is 4. The van der Waals surface area contributed by atoms with E-state index in [2.05, 4.69) is 6.92 Å². The Morgan fingerprint density at radius 2 is 2.15 bits per heavy atom. The Hall–Kier alpha value is -0.590. The molecule has 1 aromatic heterocycles. The Bertz CT molecular complexity index is 605. The molecule has 2 rings (SSSR count). The third-order valence-corrected chi connectivity index (χ3v) is 5.96. The van der Waals surface area contributed by atoms with Crippen molar-refractivity contribution in [2.24, 2.45) is 0 Å². The van der Waals surface area contributed by atoms with Crippen LogP contribution in [0.3, 0.4) is 0 Å². The monoisotopic (exact) mass is 335 g/mol. The van der Waals surface area contributed by atoms with E-state index in [0.717, 1.165) is 32.2 Å². The van der Waals surface area contributed by atoms with Gasteiger partial charge in [0.05, 0.1) is 9.77 Å². The largest absolute Gasteiger partial charge is 0.335 e. The van der Waals surface area contributed by atoms with Crippen LogP contribution in [0.25, 0.3) is 0 Å². The van der Waals surface area contributed by atoms with Crippen LogP contribution in [0.2, 0.25) is 0 Å². The summed E-state index contributed by atoms with van der Waals surface area (Å²) in [5.41, 5.74) is 0. The Labute approximate surface area is 128 Å². The molecule has 7 heteroatoms. The van der Waals surface area contributed by atoms with E-state index in [1.54, 1.807) is 6.92 Å². The number of thiophene rings is 1. The van der Waals surface area contributed by atoms with E-state index < -0.39 is 9.05 Å². The molecule has 0 aromatic carbocycles. The summed E-state index contributed by atoms with van der Waals surface area (Å²) < 4.78 is 22.8. The summed E-state index contributed by atoms with van der Waals surface area (Å²) >= 11 is 1.20. The van der Waals surface area contributed by atoms with Crippen molar-refractivity contribution in [2.75, 3.05) is 6.54 Å². The molecule has 112 valence electrons. The SMILES string of the molecule is CCCCN(C(=O)c1cc(S(=O)(=O)Cl)c(C)s1)C1CC1. The lowest BCUT2D eigenvalue weighted by Gasteiger charge is -2.21. The molecule has 0 radical (unpaired) electrons. The van der Waals surface area contributed by atoms with E-state index in [-0.39, 0.29) is 10.8 Å². The number of aryl methyl sites for hydroxylation is 1. The van der Waals surface area contributed by atoms with E-state index in [4.69, 9.17) is 10.7 Å². The van der Waals surface area contributed by atoms with Crippen molar-refractivity contribution in [3.05, 3.63) is 15.8 Å². The van der Waals surface area contributed by atoms with Gasteiger partial charge in [0.25, 0.3) is 15.0 Å². The van der Waals surface area contributed by atoms with E-state index in [9.17, 15) is 13.2 Å². The molecule has 4 nitrogen and oxygen atoms in total. The molecular formula is C13H18ClNO3S2. The maximum atomic E-state index is 12.5. The highest BCUT2D eigenvalue weighted by Crippen LogP contribution is 2.33. The van der Waals surface area contributed by atoms with Crippen molar-refractivity contribution in [3.63, 3.8) is 0 Å². The average molecular weight is 336 g/mol. The van der Waals surface area contributed by atoms with E-state index in [1.165, 1.54) is 17.4 Å². The Morgan fingerprint density at radius 1 is 1.50 bits per heavy atom. The molecule has 1 aromatic rings. The number of hydrogen-bond donors (Lipinski definition) is 0. The molecule has 1 heterocycles. The van der Waals surface area contributed by atoms with Crippen LogP contribution >= 0.6 is 22.0 Å². The van der Waals surface area contributed by atoms with Gasteiger partial charge in [0, 0.05) is 28.1 Å². The van der Waals surface area contributed by atoms with Gasteiger partial charge in [-0.1, -0.05) is 13.3 Å². The lowest BCUT2D eigenvalue weighted by atomic mass is 10.3. The molecule has 1 saturated carbocycles. The first-order valence-corrected chi connectivity index (χ1v) is 9.83. The number of amides is 1. The Morgan fingerprint density at radius 3 is 2.60 bits per heavy atom. The summed E-state index contributed by atoms with van der Waals surface area (Å²) in [6.45, 7) is 4.49. The normalized spacial score (nSPS) is 15.3. The minimum Gasteiger partial charge on any atom is -0.335 e. The number of rotatable bonds is 6. The Kier molecular flexibility index (Phi) is 4.76. The van der Waals surface area contributed by atoms with Gasteiger partial charge >= 0.3 is 0 Å². The van der Waals surface area contributed by atoms with Crippen LogP contribution in [0.5, 0.6) is 0 Å². The standard InChI is InChI=1S/C13H18ClNO3S2/c1-3-4-7-15(10-5-6-10)13(16)11-8-12(9(2)19-11)20(14,17)18/h8,10H,3-7H2,1-2H3. The first-order chi connectivity index (χ1) is 9.34. The van der Waals surface area contributed by atoms with Crippen LogP contribution in [0, 0.1) is 6.92 Å². The molecule has 0 aliphatic heterocycles. The second-order valence-electron chi connectivity index (χ2n) is 5.05. The summed E-state index contributed by atoms with van der Waals surface area (Å²) in [6.07, 6.45) is 4.08. The smallest absolute Gasteiger partial charge is 0.264 e. The molecule has 20 heavy (non-hydrogen) atoms. The van der Waals surface area contributed by atoms with Gasteiger partial charge in [-0.3, -0.25) is 4.79 Å². The topological polar surface area (TPSA) is 54.5 Å². The first-order valence-electron chi connectivity index (χ1n) is 6.70. The van der Waals surface area contributed by atoms with E-state index in [0.29, 0.717) is 15.8 Å². The maximum Gasteiger partial charge on any atom is 0.264 e. The van der Waals surface area contributed by atoms with Gasteiger partial charge in [-0.2, -0.15) is 0 Å². The molecule has 0 saturated heterocycles. The second-order valence-corrected chi connectivity index (χ2v) is 8.84. The summed E-state index contributed by atoms with van der Waals surface area (Å²) in [6, 6.07) is 1.74. The van der Waals surface area contributed by atoms with Crippen LogP contribution < -0.4 is 0 Å². The zero-order chi connectivity index (χ0) is 14.9. The van der Waals surface area contributed by atoms with Crippen molar-refractivity contribution in [3.8, 4) is 0 Å². The molecule has 0 bridgehead atoms. The molecular weight excluding hydrogens is 318 g/mol. The highest BCUT2D eigenvalue weighted by molar-refractivity contribution is 8.13. The van der Waals surface area contributed by atoms with Crippen molar-refractivity contribution in [1.29, 1.82) is 0 Å². The van der Waals surface area contributed by atoms with Crippen molar-refractivity contribution in [1.82, 2.24) is 4.90 Å². The van der Waals surface area contributed by atoms with Gasteiger partial charge in [-0.05, 0) is 32.3 Å².